The van der Waals surface area contributed by atoms with E-state index in [9.17, 15) is 61.3 Å². The van der Waals surface area contributed by atoms with Gasteiger partial charge in [-0.3, -0.25) is 8.74 Å². The molecule has 0 aliphatic carbocycles. The van der Waals surface area contributed by atoms with E-state index < -0.39 is 60.2 Å². The first-order chi connectivity index (χ1) is 10.7. The third-order valence-electron chi connectivity index (χ3n) is 2.60. The SMILES string of the molecule is O=S(O)OCCC(F)(F)C(F)(F)C(F)(F)C(F)(F)C(F)(F)C(F)(F)F. The lowest BCUT2D eigenvalue weighted by Crippen LogP contribution is -2.70. The lowest BCUT2D eigenvalue weighted by molar-refractivity contribution is -0.440. The molecular formula is C8H5F13O3S. The van der Waals surface area contributed by atoms with Crippen molar-refractivity contribution in [2.75, 3.05) is 6.61 Å². The lowest BCUT2D eigenvalue weighted by Gasteiger charge is -2.39. The molecule has 0 aromatic heterocycles. The number of halogens is 13. The fourth-order valence-corrected chi connectivity index (χ4v) is 1.43. The Morgan fingerprint density at radius 1 is 0.680 bits per heavy atom. The Morgan fingerprint density at radius 2 is 1.04 bits per heavy atom. The van der Waals surface area contributed by atoms with Gasteiger partial charge in [-0.1, -0.05) is 0 Å². The van der Waals surface area contributed by atoms with E-state index in [4.69, 9.17) is 4.55 Å². The summed E-state index contributed by atoms with van der Waals surface area (Å²) in [6.07, 6.45) is -10.2. The van der Waals surface area contributed by atoms with Gasteiger partial charge in [-0.2, -0.15) is 61.3 Å². The number of hydrogen-bond acceptors (Lipinski definition) is 2. The van der Waals surface area contributed by atoms with E-state index in [0.717, 1.165) is 0 Å². The molecule has 0 rings (SSSR count). The van der Waals surface area contributed by atoms with E-state index in [1.165, 1.54) is 0 Å². The zero-order valence-corrected chi connectivity index (χ0v) is 11.8. The monoisotopic (exact) mass is 428 g/mol. The Hall–Kier alpha value is -0.840. The van der Waals surface area contributed by atoms with Crippen molar-refractivity contribution in [3.8, 4) is 0 Å². The Balaban J connectivity index is 5.90. The number of alkyl halides is 13. The van der Waals surface area contributed by atoms with E-state index in [1.54, 1.807) is 0 Å². The van der Waals surface area contributed by atoms with Crippen LogP contribution in [0.5, 0.6) is 0 Å². The standard InChI is InChI=1S/C8H5F13O3S/c9-3(10,1-2-24-25(22)23)4(11,12)5(13,14)6(15,16)7(17,18)8(19,20)21/h1-2H2,(H,22,23). The average molecular weight is 428 g/mol. The van der Waals surface area contributed by atoms with Crippen LogP contribution in [0.15, 0.2) is 0 Å². The van der Waals surface area contributed by atoms with E-state index in [-0.39, 0.29) is 0 Å². The van der Waals surface area contributed by atoms with Gasteiger partial charge in [0.1, 0.15) is 0 Å². The molecule has 0 bridgehead atoms. The zero-order chi connectivity index (χ0) is 20.7. The van der Waals surface area contributed by atoms with Gasteiger partial charge in [0.15, 0.2) is 0 Å². The Kier molecular flexibility index (Phi) is 6.49. The largest absolute Gasteiger partial charge is 0.460 e. The van der Waals surface area contributed by atoms with Gasteiger partial charge in [0.25, 0.3) is 0 Å². The average Bonchev–Trinajstić information content (AvgIpc) is 2.35. The first-order valence-electron chi connectivity index (χ1n) is 5.36. The molecule has 1 unspecified atom stereocenters. The Labute approximate surface area is 131 Å². The van der Waals surface area contributed by atoms with Gasteiger partial charge in [0.05, 0.1) is 6.61 Å². The van der Waals surface area contributed by atoms with E-state index in [1.807, 2.05) is 0 Å². The normalized spacial score (nSPS) is 16.9. The minimum Gasteiger partial charge on any atom is -0.284 e. The number of hydrogen-bond donors (Lipinski definition) is 1. The van der Waals surface area contributed by atoms with Gasteiger partial charge in [-0.15, -0.1) is 0 Å². The third kappa shape index (κ3) is 3.96. The highest BCUT2D eigenvalue weighted by Crippen LogP contribution is 2.60. The van der Waals surface area contributed by atoms with Gasteiger partial charge in [-0.25, -0.2) is 0 Å². The molecule has 0 aliphatic heterocycles. The molecule has 152 valence electrons. The Bertz CT molecular complexity index is 500. The van der Waals surface area contributed by atoms with E-state index in [2.05, 4.69) is 4.18 Å². The van der Waals surface area contributed by atoms with Crippen LogP contribution in [0.25, 0.3) is 0 Å². The minimum absolute atomic E-state index is 1.93. The third-order valence-corrected chi connectivity index (χ3v) is 2.97. The van der Waals surface area contributed by atoms with Crippen molar-refractivity contribution >= 4 is 11.4 Å². The van der Waals surface area contributed by atoms with Crippen molar-refractivity contribution < 1.29 is 70.0 Å². The van der Waals surface area contributed by atoms with E-state index in [0.29, 0.717) is 0 Å². The van der Waals surface area contributed by atoms with Gasteiger partial charge < -0.3 is 0 Å². The lowest BCUT2D eigenvalue weighted by atomic mass is 9.93. The number of rotatable bonds is 8. The molecule has 0 radical (unpaired) electrons. The highest BCUT2D eigenvalue weighted by Gasteiger charge is 2.90. The van der Waals surface area contributed by atoms with Crippen LogP contribution in [-0.2, 0) is 15.5 Å². The second kappa shape index (κ2) is 6.71. The summed E-state index contributed by atoms with van der Waals surface area (Å²) in [6.45, 7) is -1.93. The quantitative estimate of drug-likeness (QED) is 0.464. The highest BCUT2D eigenvalue weighted by molar-refractivity contribution is 7.74. The first-order valence-corrected chi connectivity index (χ1v) is 6.40. The maximum atomic E-state index is 13.0. The van der Waals surface area contributed by atoms with Crippen molar-refractivity contribution in [3.63, 3.8) is 0 Å². The van der Waals surface area contributed by atoms with Crippen LogP contribution in [0, 0.1) is 0 Å². The molecule has 1 N–H and O–H groups in total. The van der Waals surface area contributed by atoms with E-state index >= 15 is 0 Å². The summed E-state index contributed by atoms with van der Waals surface area (Å²) in [5.74, 6) is -37.4. The van der Waals surface area contributed by atoms with Gasteiger partial charge in [0.2, 0.25) is 0 Å². The summed E-state index contributed by atoms with van der Waals surface area (Å²) in [5, 5.41) is 0. The molecule has 17 heteroatoms. The molecule has 0 heterocycles. The highest BCUT2D eigenvalue weighted by atomic mass is 32.2. The predicted molar refractivity (Wildman–Crippen MR) is 52.1 cm³/mol. The molecule has 0 fully saturated rings. The molecule has 0 saturated carbocycles. The molecule has 0 aliphatic rings. The van der Waals surface area contributed by atoms with Crippen molar-refractivity contribution in [1.82, 2.24) is 0 Å². The summed E-state index contributed by atoms with van der Waals surface area (Å²) < 4.78 is 185. The molecule has 0 saturated heterocycles. The summed E-state index contributed by atoms with van der Waals surface area (Å²) in [5.41, 5.74) is 0. The molecule has 0 spiro atoms. The van der Waals surface area contributed by atoms with Crippen LogP contribution in [-0.4, -0.2) is 51.2 Å². The van der Waals surface area contributed by atoms with Crippen LogP contribution in [0.1, 0.15) is 6.42 Å². The van der Waals surface area contributed by atoms with Crippen molar-refractivity contribution in [2.24, 2.45) is 0 Å². The van der Waals surface area contributed by atoms with Crippen molar-refractivity contribution in [3.05, 3.63) is 0 Å². The summed E-state index contributed by atoms with van der Waals surface area (Å²) in [7, 11) is 0. The smallest absolute Gasteiger partial charge is 0.284 e. The van der Waals surface area contributed by atoms with Gasteiger partial charge >= 0.3 is 47.2 Å². The van der Waals surface area contributed by atoms with Crippen LogP contribution in [0.3, 0.4) is 0 Å². The second-order valence-corrected chi connectivity index (χ2v) is 4.96. The fourth-order valence-electron chi connectivity index (χ4n) is 1.20. The van der Waals surface area contributed by atoms with Gasteiger partial charge in [0, 0.05) is 6.42 Å². The molecule has 0 aromatic carbocycles. The Morgan fingerprint density at radius 3 is 1.36 bits per heavy atom. The molecule has 1 atom stereocenters. The summed E-state index contributed by atoms with van der Waals surface area (Å²) in [4.78, 5) is 0. The van der Waals surface area contributed by atoms with Crippen LogP contribution < -0.4 is 0 Å². The molecule has 25 heavy (non-hydrogen) atoms. The second-order valence-electron chi connectivity index (χ2n) is 4.29. The first kappa shape index (κ1) is 24.2. The molecule has 3 nitrogen and oxygen atoms in total. The van der Waals surface area contributed by atoms with Crippen molar-refractivity contribution in [1.29, 1.82) is 0 Å². The van der Waals surface area contributed by atoms with Crippen LogP contribution in [0.4, 0.5) is 57.1 Å². The molecule has 0 aromatic rings. The topological polar surface area (TPSA) is 46.5 Å². The predicted octanol–water partition coefficient (Wildman–Crippen LogP) is 4.27. The summed E-state index contributed by atoms with van der Waals surface area (Å²) in [6, 6.07) is 0. The molecule has 0 amide bonds. The van der Waals surface area contributed by atoms with Crippen LogP contribution >= 0.6 is 0 Å². The molecular weight excluding hydrogens is 423 g/mol. The maximum Gasteiger partial charge on any atom is 0.460 e. The van der Waals surface area contributed by atoms with Crippen molar-refractivity contribution in [2.45, 2.75) is 42.2 Å². The fraction of sp³-hybridized carbons (Fsp3) is 1.00. The zero-order valence-electron chi connectivity index (χ0n) is 11.0. The summed E-state index contributed by atoms with van der Waals surface area (Å²) >= 11 is -3.37. The van der Waals surface area contributed by atoms with Crippen LogP contribution in [0.2, 0.25) is 0 Å². The minimum atomic E-state index is -7.97. The van der Waals surface area contributed by atoms with Gasteiger partial charge in [-0.05, 0) is 0 Å². The maximum absolute atomic E-state index is 13.0.